The standard InChI is InChI=1S/C24H27N3O6S2/c1-3-26(4-2)17-6-5-16-13-19(24(30)33-21(16)14-17)23-25-20-8-7-18(15-22(20)34-23)35(31,32)27(9-11-28)10-12-29/h5-8,13-15,28-29H,3-4,9-12H2,1-2H3. The monoisotopic (exact) mass is 517 g/mol. The summed E-state index contributed by atoms with van der Waals surface area (Å²) in [7, 11) is -3.92. The number of aromatic nitrogens is 1. The fraction of sp³-hybridized carbons (Fsp3) is 0.333. The van der Waals surface area contributed by atoms with E-state index in [9.17, 15) is 23.4 Å². The molecule has 4 aromatic rings. The van der Waals surface area contributed by atoms with Gasteiger partial charge in [0.15, 0.2) is 0 Å². The topological polar surface area (TPSA) is 124 Å². The van der Waals surface area contributed by atoms with Gasteiger partial charge in [-0.25, -0.2) is 18.2 Å². The summed E-state index contributed by atoms with van der Waals surface area (Å²) >= 11 is 1.20. The second kappa shape index (κ2) is 10.4. The van der Waals surface area contributed by atoms with Gasteiger partial charge in [-0.1, -0.05) is 0 Å². The van der Waals surface area contributed by atoms with Crippen LogP contribution in [0.5, 0.6) is 0 Å². The Morgan fingerprint density at radius 1 is 1.00 bits per heavy atom. The first-order valence-electron chi connectivity index (χ1n) is 11.3. The molecule has 2 aromatic carbocycles. The van der Waals surface area contributed by atoms with E-state index in [1.165, 1.54) is 23.5 Å². The lowest BCUT2D eigenvalue weighted by Gasteiger charge is -2.20. The van der Waals surface area contributed by atoms with E-state index >= 15 is 0 Å². The molecule has 2 heterocycles. The molecule has 0 unspecified atom stereocenters. The molecule has 0 atom stereocenters. The number of rotatable bonds is 10. The van der Waals surface area contributed by atoms with Crippen LogP contribution in [0.25, 0.3) is 31.8 Å². The Kier molecular flexibility index (Phi) is 7.53. The van der Waals surface area contributed by atoms with Crippen molar-refractivity contribution >= 4 is 48.2 Å². The average molecular weight is 518 g/mol. The predicted octanol–water partition coefficient (Wildman–Crippen LogP) is 2.89. The van der Waals surface area contributed by atoms with Crippen LogP contribution in [-0.4, -0.2) is 67.3 Å². The predicted molar refractivity (Wildman–Crippen MR) is 138 cm³/mol. The van der Waals surface area contributed by atoms with Crippen LogP contribution in [0.15, 0.2) is 56.6 Å². The van der Waals surface area contributed by atoms with Crippen molar-refractivity contribution in [2.75, 3.05) is 44.3 Å². The maximum Gasteiger partial charge on any atom is 0.346 e. The zero-order chi connectivity index (χ0) is 25.2. The highest BCUT2D eigenvalue weighted by atomic mass is 32.2. The lowest BCUT2D eigenvalue weighted by Crippen LogP contribution is -2.35. The van der Waals surface area contributed by atoms with Crippen molar-refractivity contribution in [2.24, 2.45) is 0 Å². The van der Waals surface area contributed by atoms with Gasteiger partial charge in [-0.2, -0.15) is 4.31 Å². The third kappa shape index (κ3) is 4.95. The van der Waals surface area contributed by atoms with Crippen molar-refractivity contribution in [2.45, 2.75) is 18.7 Å². The van der Waals surface area contributed by atoms with Crippen LogP contribution in [-0.2, 0) is 10.0 Å². The highest BCUT2D eigenvalue weighted by Gasteiger charge is 2.24. The van der Waals surface area contributed by atoms with E-state index < -0.39 is 15.6 Å². The van der Waals surface area contributed by atoms with E-state index in [0.29, 0.717) is 26.4 Å². The van der Waals surface area contributed by atoms with Crippen LogP contribution in [0, 0.1) is 0 Å². The van der Waals surface area contributed by atoms with E-state index in [0.717, 1.165) is 28.5 Å². The molecule has 0 aliphatic carbocycles. The number of anilines is 1. The first kappa shape index (κ1) is 25.3. The first-order chi connectivity index (χ1) is 16.8. The molecule has 0 saturated carbocycles. The van der Waals surface area contributed by atoms with E-state index in [1.807, 2.05) is 18.2 Å². The zero-order valence-corrected chi connectivity index (χ0v) is 21.1. The van der Waals surface area contributed by atoms with Gasteiger partial charge in [0.1, 0.15) is 10.6 Å². The fourth-order valence-corrected chi connectivity index (χ4v) is 6.47. The van der Waals surface area contributed by atoms with Gasteiger partial charge in [0.05, 0.1) is 33.9 Å². The minimum Gasteiger partial charge on any atom is -0.422 e. The summed E-state index contributed by atoms with van der Waals surface area (Å²) in [4.78, 5) is 19.5. The molecule has 0 saturated heterocycles. The lowest BCUT2D eigenvalue weighted by atomic mass is 10.1. The quantitative estimate of drug-likeness (QED) is 0.308. The SMILES string of the molecule is CCN(CC)c1ccc2cc(-c3nc4ccc(S(=O)(=O)N(CCO)CCO)cc4s3)c(=O)oc2c1. The van der Waals surface area contributed by atoms with E-state index in [2.05, 4.69) is 23.7 Å². The normalized spacial score (nSPS) is 12.1. The van der Waals surface area contributed by atoms with E-state index in [1.54, 1.807) is 12.1 Å². The van der Waals surface area contributed by atoms with Gasteiger partial charge < -0.3 is 19.5 Å². The summed E-state index contributed by atoms with van der Waals surface area (Å²) in [5, 5.41) is 19.6. The molecule has 2 N–H and O–H groups in total. The van der Waals surface area contributed by atoms with Crippen LogP contribution in [0.3, 0.4) is 0 Å². The van der Waals surface area contributed by atoms with Gasteiger partial charge in [-0.15, -0.1) is 11.3 Å². The maximum absolute atomic E-state index is 13.0. The molecule has 0 radical (unpaired) electrons. The summed E-state index contributed by atoms with van der Waals surface area (Å²) in [6.45, 7) is 4.84. The van der Waals surface area contributed by atoms with Crippen molar-refractivity contribution in [1.29, 1.82) is 0 Å². The molecule has 0 spiro atoms. The lowest BCUT2D eigenvalue weighted by molar-refractivity contribution is 0.217. The summed E-state index contributed by atoms with van der Waals surface area (Å²) in [6, 6.07) is 12.0. The molecule has 0 aliphatic rings. The highest BCUT2D eigenvalue weighted by molar-refractivity contribution is 7.89. The van der Waals surface area contributed by atoms with E-state index in [4.69, 9.17) is 4.42 Å². The molecule has 4 rings (SSSR count). The second-order valence-corrected chi connectivity index (χ2v) is 10.8. The van der Waals surface area contributed by atoms with Crippen molar-refractivity contribution < 1.29 is 23.0 Å². The van der Waals surface area contributed by atoms with Crippen LogP contribution in [0.2, 0.25) is 0 Å². The van der Waals surface area contributed by atoms with E-state index in [-0.39, 0.29) is 31.2 Å². The zero-order valence-electron chi connectivity index (χ0n) is 19.5. The fourth-order valence-electron chi connectivity index (χ4n) is 3.94. The number of nitrogens with zero attached hydrogens (tertiary/aromatic N) is 3. The minimum absolute atomic E-state index is 0.0246. The molecule has 0 aliphatic heterocycles. The van der Waals surface area contributed by atoms with Gasteiger partial charge in [0, 0.05) is 43.3 Å². The molecular formula is C24H27N3O6S2. The Morgan fingerprint density at radius 2 is 1.71 bits per heavy atom. The number of aliphatic hydroxyl groups excluding tert-OH is 2. The highest BCUT2D eigenvalue weighted by Crippen LogP contribution is 2.32. The Hall–Kier alpha value is -2.83. The van der Waals surface area contributed by atoms with Crippen molar-refractivity contribution in [3.63, 3.8) is 0 Å². The summed E-state index contributed by atoms with van der Waals surface area (Å²) in [5.41, 5.74) is 1.81. The van der Waals surface area contributed by atoms with Gasteiger partial charge in [0.2, 0.25) is 10.0 Å². The molecule has 35 heavy (non-hydrogen) atoms. The van der Waals surface area contributed by atoms with Gasteiger partial charge in [-0.05, 0) is 50.2 Å². The van der Waals surface area contributed by atoms with Crippen LogP contribution < -0.4 is 10.5 Å². The minimum atomic E-state index is -3.92. The number of benzene rings is 2. The van der Waals surface area contributed by atoms with Crippen LogP contribution >= 0.6 is 11.3 Å². The number of hydrogen-bond donors (Lipinski definition) is 2. The van der Waals surface area contributed by atoms with Crippen molar-refractivity contribution in [3.05, 3.63) is 52.9 Å². The number of hydrogen-bond acceptors (Lipinski definition) is 9. The molecular weight excluding hydrogens is 490 g/mol. The number of aliphatic hydroxyl groups is 2. The number of sulfonamides is 1. The Morgan fingerprint density at radius 3 is 2.37 bits per heavy atom. The molecule has 2 aromatic heterocycles. The second-order valence-electron chi connectivity index (χ2n) is 7.84. The van der Waals surface area contributed by atoms with Crippen LogP contribution in [0.1, 0.15) is 13.8 Å². The summed E-state index contributed by atoms with van der Waals surface area (Å²) < 4.78 is 33.2. The smallest absolute Gasteiger partial charge is 0.346 e. The van der Waals surface area contributed by atoms with Crippen molar-refractivity contribution in [3.8, 4) is 10.6 Å². The largest absolute Gasteiger partial charge is 0.422 e. The van der Waals surface area contributed by atoms with Crippen molar-refractivity contribution in [1.82, 2.24) is 9.29 Å². The summed E-state index contributed by atoms with van der Waals surface area (Å²) in [6.07, 6.45) is 0. The molecule has 0 amide bonds. The Bertz CT molecular complexity index is 1500. The molecule has 186 valence electrons. The van der Waals surface area contributed by atoms with Gasteiger partial charge in [-0.3, -0.25) is 0 Å². The Balaban J connectivity index is 1.74. The van der Waals surface area contributed by atoms with Gasteiger partial charge in [0.25, 0.3) is 0 Å². The number of fused-ring (bicyclic) bond motifs is 2. The number of thiazole rings is 1. The maximum atomic E-state index is 13.0. The molecule has 0 bridgehead atoms. The summed E-state index contributed by atoms with van der Waals surface area (Å²) in [5.74, 6) is 0. The molecule has 0 fully saturated rings. The Labute approximate surface area is 206 Å². The molecule has 9 nitrogen and oxygen atoms in total. The van der Waals surface area contributed by atoms with Crippen LogP contribution in [0.4, 0.5) is 5.69 Å². The molecule has 11 heteroatoms. The third-order valence-corrected chi connectivity index (χ3v) is 8.72. The van der Waals surface area contributed by atoms with Gasteiger partial charge >= 0.3 is 5.63 Å². The first-order valence-corrected chi connectivity index (χ1v) is 13.5. The third-order valence-electron chi connectivity index (χ3n) is 5.78. The average Bonchev–Trinajstić information content (AvgIpc) is 3.27.